The Hall–Kier alpha value is -2.99. The minimum atomic E-state index is -3.83. The molecule has 27 heavy (non-hydrogen) atoms. The van der Waals surface area contributed by atoms with Gasteiger partial charge in [-0.25, -0.2) is 17.6 Å². The molecule has 4 nitrogen and oxygen atoms in total. The third-order valence-electron chi connectivity index (χ3n) is 3.99. The Bertz CT molecular complexity index is 1130. The van der Waals surface area contributed by atoms with E-state index in [-0.39, 0.29) is 9.79 Å². The molecule has 3 aromatic rings. The molecule has 0 fully saturated rings. The predicted molar refractivity (Wildman–Crippen MR) is 101 cm³/mol. The highest BCUT2D eigenvalue weighted by Crippen LogP contribution is 2.27. The predicted octanol–water partition coefficient (Wildman–Crippen LogP) is 4.39. The minimum absolute atomic E-state index is 0.0760. The van der Waals surface area contributed by atoms with Crippen LogP contribution in [0.1, 0.15) is 12.5 Å². The zero-order valence-corrected chi connectivity index (χ0v) is 15.4. The maximum absolute atomic E-state index is 13.4. The van der Waals surface area contributed by atoms with E-state index < -0.39 is 21.6 Å². The first-order valence-corrected chi connectivity index (χ1v) is 9.78. The van der Waals surface area contributed by atoms with E-state index in [1.54, 1.807) is 31.2 Å². The third kappa shape index (κ3) is 4.06. The topological polar surface area (TPSA) is 60.4 Å². The molecule has 0 aliphatic heterocycles. The number of benzene rings is 3. The lowest BCUT2D eigenvalue weighted by atomic mass is 10.0. The van der Waals surface area contributed by atoms with Crippen LogP contribution in [-0.2, 0) is 19.4 Å². The largest absolute Gasteiger partial charge is 0.463 e. The Kier molecular flexibility index (Phi) is 5.37. The summed E-state index contributed by atoms with van der Waals surface area (Å²) in [4.78, 5) is 11.5. The summed E-state index contributed by atoms with van der Waals surface area (Å²) in [6.45, 7) is 2.02. The molecule has 0 aromatic heterocycles. The molecule has 3 rings (SSSR count). The summed E-state index contributed by atoms with van der Waals surface area (Å²) in [5, 5.41) is 1.48. The molecule has 0 N–H and O–H groups in total. The number of hydrogen-bond acceptors (Lipinski definition) is 4. The Morgan fingerprint density at radius 1 is 1.04 bits per heavy atom. The molecule has 6 heteroatoms. The molecule has 0 aliphatic carbocycles. The monoisotopic (exact) mass is 384 g/mol. The van der Waals surface area contributed by atoms with Crippen LogP contribution >= 0.6 is 0 Å². The van der Waals surface area contributed by atoms with Crippen molar-refractivity contribution < 1.29 is 22.3 Å². The number of esters is 1. The second-order valence-corrected chi connectivity index (χ2v) is 7.73. The van der Waals surface area contributed by atoms with Crippen molar-refractivity contribution in [1.29, 1.82) is 0 Å². The van der Waals surface area contributed by atoms with Crippen LogP contribution in [0.15, 0.2) is 76.5 Å². The van der Waals surface area contributed by atoms with Crippen molar-refractivity contribution in [3.05, 3.63) is 78.1 Å². The van der Waals surface area contributed by atoms with Crippen LogP contribution in [0.5, 0.6) is 0 Å². The fourth-order valence-corrected chi connectivity index (χ4v) is 4.04. The average Bonchev–Trinajstić information content (AvgIpc) is 2.66. The highest BCUT2D eigenvalue weighted by Gasteiger charge is 2.18. The smallest absolute Gasteiger partial charge is 0.330 e. The molecule has 0 bridgehead atoms. The van der Waals surface area contributed by atoms with Crippen molar-refractivity contribution in [3.63, 3.8) is 0 Å². The first kappa shape index (κ1) is 18.8. The summed E-state index contributed by atoms with van der Waals surface area (Å²) in [6, 6.07) is 15.0. The molecule has 0 radical (unpaired) electrons. The number of ether oxygens (including phenoxy) is 1. The van der Waals surface area contributed by atoms with Crippen molar-refractivity contribution in [2.75, 3.05) is 6.61 Å². The molecule has 138 valence electrons. The van der Waals surface area contributed by atoms with Crippen molar-refractivity contribution in [1.82, 2.24) is 0 Å². The molecule has 0 atom stereocenters. The van der Waals surface area contributed by atoms with E-state index in [0.29, 0.717) is 12.0 Å². The summed E-state index contributed by atoms with van der Waals surface area (Å²) >= 11 is 0. The van der Waals surface area contributed by atoms with Gasteiger partial charge in [0.2, 0.25) is 9.84 Å². The quantitative estimate of drug-likeness (QED) is 0.484. The van der Waals surface area contributed by atoms with Gasteiger partial charge in [0.1, 0.15) is 5.82 Å². The average molecular weight is 384 g/mol. The Labute approximate surface area is 156 Å². The standard InChI is InChI=1S/C21H17FO4S/c1-2-26-21(23)12-9-15-5-3-6-16-13-19(10-11-20(15)16)27(24,25)18-8-4-7-17(22)14-18/h3-14H,2H2,1H3/b12-9+. The van der Waals surface area contributed by atoms with Gasteiger partial charge < -0.3 is 4.74 Å². The fraction of sp³-hybridized carbons (Fsp3) is 0.0952. The van der Waals surface area contributed by atoms with Crippen LogP contribution in [0.25, 0.3) is 16.8 Å². The summed E-state index contributed by atoms with van der Waals surface area (Å²) < 4.78 is 43.8. The zero-order chi connectivity index (χ0) is 19.4. The lowest BCUT2D eigenvalue weighted by Gasteiger charge is -2.08. The van der Waals surface area contributed by atoms with Gasteiger partial charge >= 0.3 is 5.97 Å². The van der Waals surface area contributed by atoms with Crippen LogP contribution in [0.3, 0.4) is 0 Å². The van der Waals surface area contributed by atoms with Gasteiger partial charge in [-0.2, -0.15) is 0 Å². The first-order chi connectivity index (χ1) is 12.9. The molecular formula is C21H17FO4S. The molecule has 0 amide bonds. The van der Waals surface area contributed by atoms with E-state index in [1.807, 2.05) is 6.07 Å². The van der Waals surface area contributed by atoms with Crippen molar-refractivity contribution in [2.45, 2.75) is 16.7 Å². The molecule has 3 aromatic carbocycles. The Balaban J connectivity index is 2.03. The zero-order valence-electron chi connectivity index (χ0n) is 14.6. The lowest BCUT2D eigenvalue weighted by molar-refractivity contribution is -0.137. The molecule has 0 saturated heterocycles. The highest BCUT2D eigenvalue weighted by molar-refractivity contribution is 7.91. The van der Waals surface area contributed by atoms with Crippen LogP contribution in [0.2, 0.25) is 0 Å². The van der Waals surface area contributed by atoms with E-state index in [1.165, 1.54) is 36.4 Å². The van der Waals surface area contributed by atoms with Gasteiger partial charge in [0.25, 0.3) is 0 Å². The minimum Gasteiger partial charge on any atom is -0.463 e. The number of halogens is 1. The fourth-order valence-electron chi connectivity index (χ4n) is 2.72. The number of rotatable bonds is 5. The van der Waals surface area contributed by atoms with E-state index in [2.05, 4.69) is 0 Å². The number of fused-ring (bicyclic) bond motifs is 1. The summed E-state index contributed by atoms with van der Waals surface area (Å²) in [5.41, 5.74) is 0.759. The van der Waals surface area contributed by atoms with E-state index >= 15 is 0 Å². The summed E-state index contributed by atoms with van der Waals surface area (Å²) in [6.07, 6.45) is 2.96. The molecule has 0 spiro atoms. The maximum Gasteiger partial charge on any atom is 0.330 e. The Morgan fingerprint density at radius 2 is 1.78 bits per heavy atom. The van der Waals surface area contributed by atoms with E-state index in [9.17, 15) is 17.6 Å². The van der Waals surface area contributed by atoms with Crippen LogP contribution in [0, 0.1) is 5.82 Å². The second-order valence-electron chi connectivity index (χ2n) is 5.78. The molecule has 0 aliphatic rings. The van der Waals surface area contributed by atoms with Crippen molar-refractivity contribution >= 4 is 32.7 Å². The number of carbonyl (C=O) groups excluding carboxylic acids is 1. The molecule has 0 saturated carbocycles. The second kappa shape index (κ2) is 7.72. The summed E-state index contributed by atoms with van der Waals surface area (Å²) in [7, 11) is -3.83. The lowest BCUT2D eigenvalue weighted by Crippen LogP contribution is -2.02. The molecular weight excluding hydrogens is 367 g/mol. The molecule has 0 unspecified atom stereocenters. The van der Waals surface area contributed by atoms with Gasteiger partial charge in [0, 0.05) is 6.08 Å². The SMILES string of the molecule is CCOC(=O)/C=C/c1cccc2cc(S(=O)(=O)c3cccc(F)c3)ccc12. The van der Waals surface area contributed by atoms with Gasteiger partial charge in [-0.1, -0.05) is 30.3 Å². The molecule has 0 heterocycles. The first-order valence-electron chi connectivity index (χ1n) is 8.30. The number of sulfone groups is 1. The van der Waals surface area contributed by atoms with E-state index in [0.717, 1.165) is 17.0 Å². The van der Waals surface area contributed by atoms with Crippen LogP contribution in [-0.4, -0.2) is 21.0 Å². The van der Waals surface area contributed by atoms with Crippen LogP contribution < -0.4 is 0 Å². The van der Waals surface area contributed by atoms with Gasteiger partial charge in [-0.3, -0.25) is 0 Å². The van der Waals surface area contributed by atoms with Gasteiger partial charge in [-0.05, 0) is 59.7 Å². The van der Waals surface area contributed by atoms with Crippen molar-refractivity contribution in [3.8, 4) is 0 Å². The van der Waals surface area contributed by atoms with Gasteiger partial charge in [0.05, 0.1) is 16.4 Å². The Morgan fingerprint density at radius 3 is 2.52 bits per heavy atom. The van der Waals surface area contributed by atoms with Crippen molar-refractivity contribution in [2.24, 2.45) is 0 Å². The van der Waals surface area contributed by atoms with Crippen LogP contribution in [0.4, 0.5) is 4.39 Å². The normalized spacial score (nSPS) is 11.8. The maximum atomic E-state index is 13.4. The van der Waals surface area contributed by atoms with Gasteiger partial charge in [0.15, 0.2) is 0 Å². The number of carbonyl (C=O) groups is 1. The van der Waals surface area contributed by atoms with Gasteiger partial charge in [-0.15, -0.1) is 0 Å². The highest BCUT2D eigenvalue weighted by atomic mass is 32.2. The third-order valence-corrected chi connectivity index (χ3v) is 5.74. The summed E-state index contributed by atoms with van der Waals surface area (Å²) in [5.74, 6) is -1.05. The van der Waals surface area contributed by atoms with E-state index in [4.69, 9.17) is 4.74 Å². The number of hydrogen-bond donors (Lipinski definition) is 0.